The van der Waals surface area contributed by atoms with Crippen LogP contribution in [0.25, 0.3) is 0 Å². The summed E-state index contributed by atoms with van der Waals surface area (Å²) in [6, 6.07) is 5.75. The highest BCUT2D eigenvalue weighted by molar-refractivity contribution is 5.93. The number of aldehydes is 1. The fourth-order valence-electron chi connectivity index (χ4n) is 3.40. The van der Waals surface area contributed by atoms with E-state index in [1.54, 1.807) is 6.92 Å². The molecule has 0 aliphatic carbocycles. The van der Waals surface area contributed by atoms with Crippen molar-refractivity contribution in [3.8, 4) is 0 Å². The average Bonchev–Trinajstić information content (AvgIpc) is 2.62. The summed E-state index contributed by atoms with van der Waals surface area (Å²) in [5.41, 5.74) is -3.99. The number of alkyl halides is 3. The number of aryl methyl sites for hydroxylation is 1. The lowest BCUT2D eigenvalue weighted by atomic mass is 9.70. The highest BCUT2D eigenvalue weighted by atomic mass is 19.4. The number of hydrogen-bond donors (Lipinski definition) is 0. The van der Waals surface area contributed by atoms with Gasteiger partial charge in [0, 0.05) is 11.8 Å². The molecule has 0 radical (unpaired) electrons. The normalized spacial score (nSPS) is 14.4. The van der Waals surface area contributed by atoms with Gasteiger partial charge in [0.15, 0.2) is 0 Å². The van der Waals surface area contributed by atoms with E-state index < -0.39 is 52.0 Å². The van der Waals surface area contributed by atoms with Gasteiger partial charge in [0.2, 0.25) is 0 Å². The molecule has 29 heavy (non-hydrogen) atoms. The molecule has 0 saturated carbocycles. The van der Waals surface area contributed by atoms with Crippen molar-refractivity contribution in [3.05, 3.63) is 70.3 Å². The van der Waals surface area contributed by atoms with Gasteiger partial charge in [-0.3, -0.25) is 4.79 Å². The Morgan fingerprint density at radius 1 is 0.897 bits per heavy atom. The number of benzene rings is 2. The summed E-state index contributed by atoms with van der Waals surface area (Å²) in [4.78, 5) is 24.9. The smallest absolute Gasteiger partial charge is 0.302 e. The van der Waals surface area contributed by atoms with E-state index in [1.807, 2.05) is 0 Å². The summed E-state index contributed by atoms with van der Waals surface area (Å²) < 4.78 is 67.7. The molecule has 0 heterocycles. The summed E-state index contributed by atoms with van der Waals surface area (Å²) >= 11 is 0. The Bertz CT molecular complexity index is 947. The van der Waals surface area contributed by atoms with Crippen molar-refractivity contribution in [2.75, 3.05) is 0 Å². The molecule has 2 rings (SSSR count). The molecular weight excluding hydrogens is 391 g/mol. The van der Waals surface area contributed by atoms with Crippen LogP contribution in [0, 0.1) is 18.6 Å². The van der Waals surface area contributed by atoms with Crippen molar-refractivity contribution < 1.29 is 31.5 Å². The van der Waals surface area contributed by atoms with Crippen molar-refractivity contribution in [3.63, 3.8) is 0 Å². The van der Waals surface area contributed by atoms with Crippen LogP contribution >= 0.6 is 0 Å². The van der Waals surface area contributed by atoms with Gasteiger partial charge in [-0.05, 0) is 74.7 Å². The molecule has 0 saturated heterocycles. The quantitative estimate of drug-likeness (QED) is 0.452. The van der Waals surface area contributed by atoms with Crippen molar-refractivity contribution in [1.82, 2.24) is 0 Å². The number of rotatable bonds is 6. The van der Waals surface area contributed by atoms with Crippen LogP contribution in [0.5, 0.6) is 0 Å². The second-order valence-electron chi connectivity index (χ2n) is 7.91. The minimum absolute atomic E-state index is 0.270. The molecule has 0 aliphatic rings. The number of Topliss-reactive ketones (excluding diaryl/α,β-unsaturated/α-hetero) is 1. The first kappa shape index (κ1) is 22.7. The lowest BCUT2D eigenvalue weighted by Gasteiger charge is -2.32. The van der Waals surface area contributed by atoms with Crippen LogP contribution in [-0.2, 0) is 26.6 Å². The molecule has 7 heteroatoms. The van der Waals surface area contributed by atoms with Crippen molar-refractivity contribution in [2.24, 2.45) is 0 Å². The van der Waals surface area contributed by atoms with E-state index in [0.717, 1.165) is 6.07 Å². The Hall–Kier alpha value is -2.57. The van der Waals surface area contributed by atoms with E-state index in [-0.39, 0.29) is 5.56 Å². The summed E-state index contributed by atoms with van der Waals surface area (Å²) in [5, 5.41) is 0. The maximum absolute atomic E-state index is 13.7. The second kappa shape index (κ2) is 7.69. The van der Waals surface area contributed by atoms with Crippen LogP contribution in [0.1, 0.15) is 49.4 Å². The summed E-state index contributed by atoms with van der Waals surface area (Å²) in [5.74, 6) is -2.21. The Morgan fingerprint density at radius 3 is 1.93 bits per heavy atom. The molecule has 0 aliphatic heterocycles. The van der Waals surface area contributed by atoms with Crippen LogP contribution in [-0.4, -0.2) is 12.1 Å². The molecule has 2 nitrogen and oxygen atoms in total. The molecule has 0 fully saturated rings. The SMILES string of the molecule is Cc1ccc(F)cc1C(C)(C=O)CC(=O)C(C)(C)c1cc(F)ccc1C(F)(F)F. The first-order chi connectivity index (χ1) is 13.2. The first-order valence-corrected chi connectivity index (χ1v) is 8.86. The number of ketones is 1. The highest BCUT2D eigenvalue weighted by Gasteiger charge is 2.43. The number of carbonyl (C=O) groups is 2. The van der Waals surface area contributed by atoms with E-state index in [2.05, 4.69) is 0 Å². The molecule has 1 atom stereocenters. The zero-order chi connectivity index (χ0) is 22.2. The fourth-order valence-corrected chi connectivity index (χ4v) is 3.40. The van der Waals surface area contributed by atoms with Gasteiger partial charge >= 0.3 is 6.18 Å². The minimum atomic E-state index is -4.78. The van der Waals surface area contributed by atoms with Crippen molar-refractivity contribution in [1.29, 1.82) is 0 Å². The molecule has 156 valence electrons. The molecular formula is C22H21F5O2. The van der Waals surface area contributed by atoms with Crippen LogP contribution in [0.3, 0.4) is 0 Å². The molecule has 0 aromatic heterocycles. The minimum Gasteiger partial charge on any atom is -0.302 e. The third kappa shape index (κ3) is 4.54. The first-order valence-electron chi connectivity index (χ1n) is 8.86. The lowest BCUT2D eigenvalue weighted by Crippen LogP contribution is -2.38. The Balaban J connectivity index is 2.52. The van der Waals surface area contributed by atoms with Gasteiger partial charge in [0.25, 0.3) is 0 Å². The van der Waals surface area contributed by atoms with Crippen molar-refractivity contribution in [2.45, 2.75) is 51.1 Å². The Kier molecular flexibility index (Phi) is 6.02. The van der Waals surface area contributed by atoms with Gasteiger partial charge in [0.05, 0.1) is 11.0 Å². The van der Waals surface area contributed by atoms with Gasteiger partial charge in [0.1, 0.15) is 23.7 Å². The fraction of sp³-hybridized carbons (Fsp3) is 0.364. The molecule has 0 amide bonds. The van der Waals surface area contributed by atoms with Gasteiger partial charge in [-0.2, -0.15) is 13.2 Å². The molecule has 0 bridgehead atoms. The second-order valence-corrected chi connectivity index (χ2v) is 7.91. The van der Waals surface area contributed by atoms with Crippen LogP contribution in [0.2, 0.25) is 0 Å². The number of hydrogen-bond acceptors (Lipinski definition) is 2. The number of halogens is 5. The Morgan fingerprint density at radius 2 is 1.41 bits per heavy atom. The van der Waals surface area contributed by atoms with Crippen LogP contribution in [0.15, 0.2) is 36.4 Å². The predicted molar refractivity (Wildman–Crippen MR) is 98.6 cm³/mol. The zero-order valence-corrected chi connectivity index (χ0v) is 16.5. The van der Waals surface area contributed by atoms with Gasteiger partial charge in [-0.15, -0.1) is 0 Å². The molecule has 1 unspecified atom stereocenters. The topological polar surface area (TPSA) is 34.1 Å². The van der Waals surface area contributed by atoms with Gasteiger partial charge in [-0.1, -0.05) is 6.07 Å². The highest BCUT2D eigenvalue weighted by Crippen LogP contribution is 2.40. The van der Waals surface area contributed by atoms with Crippen molar-refractivity contribution >= 4 is 12.1 Å². The molecule has 2 aromatic rings. The summed E-state index contributed by atoms with van der Waals surface area (Å²) in [6.07, 6.45) is -4.77. The van der Waals surface area contributed by atoms with Gasteiger partial charge < -0.3 is 4.79 Å². The van der Waals surface area contributed by atoms with E-state index in [1.165, 1.54) is 32.9 Å². The standard InChI is InChI=1S/C22H21F5O2/c1-13-5-6-14(23)9-17(13)21(4,12-28)11-19(29)20(2,3)18-10-15(24)7-8-16(18)22(25,26)27/h5-10,12H,11H2,1-4H3. The largest absolute Gasteiger partial charge is 0.416 e. The lowest BCUT2D eigenvalue weighted by molar-refractivity contribution is -0.139. The van der Waals surface area contributed by atoms with E-state index in [9.17, 15) is 31.5 Å². The Labute approximate surface area is 165 Å². The van der Waals surface area contributed by atoms with E-state index in [0.29, 0.717) is 30.0 Å². The third-order valence-corrected chi connectivity index (χ3v) is 5.26. The van der Waals surface area contributed by atoms with Crippen LogP contribution < -0.4 is 0 Å². The summed E-state index contributed by atoms with van der Waals surface area (Å²) in [6.45, 7) is 5.57. The van der Waals surface area contributed by atoms with E-state index >= 15 is 0 Å². The van der Waals surface area contributed by atoms with Crippen LogP contribution in [0.4, 0.5) is 22.0 Å². The zero-order valence-electron chi connectivity index (χ0n) is 16.5. The number of carbonyl (C=O) groups excluding carboxylic acids is 2. The monoisotopic (exact) mass is 412 g/mol. The maximum atomic E-state index is 13.7. The summed E-state index contributed by atoms with van der Waals surface area (Å²) in [7, 11) is 0. The average molecular weight is 412 g/mol. The van der Waals surface area contributed by atoms with Gasteiger partial charge in [-0.25, -0.2) is 8.78 Å². The third-order valence-electron chi connectivity index (χ3n) is 5.26. The predicted octanol–water partition coefficient (Wildman–Crippen LogP) is 5.69. The molecule has 0 spiro atoms. The maximum Gasteiger partial charge on any atom is 0.416 e. The van der Waals surface area contributed by atoms with E-state index in [4.69, 9.17) is 0 Å². The molecule has 2 aromatic carbocycles. The molecule has 0 N–H and O–H groups in total.